The molecule has 4 aliphatic carbocycles. The number of hydrogen-bond donors (Lipinski definition) is 1. The number of carbonyl (C=O) groups is 1. The van der Waals surface area contributed by atoms with E-state index < -0.39 is 5.41 Å². The molecule has 4 aliphatic rings. The Morgan fingerprint density at radius 2 is 1.52 bits per heavy atom. The van der Waals surface area contributed by atoms with Crippen molar-refractivity contribution in [1.29, 1.82) is 0 Å². The number of ether oxygens (including phenoxy) is 1. The van der Waals surface area contributed by atoms with E-state index in [1.807, 2.05) is 7.05 Å². The molecule has 0 amide bonds. The second kappa shape index (κ2) is 6.25. The van der Waals surface area contributed by atoms with E-state index in [9.17, 15) is 4.79 Å². The van der Waals surface area contributed by atoms with Crippen LogP contribution in [0.4, 0.5) is 0 Å². The van der Waals surface area contributed by atoms with Crippen LogP contribution in [-0.4, -0.2) is 25.2 Å². The first-order chi connectivity index (χ1) is 11.5. The first-order valence-electron chi connectivity index (χ1n) is 10.4. The Kier molecular flexibility index (Phi) is 4.80. The first kappa shape index (κ1) is 19.2. The highest BCUT2D eigenvalue weighted by Crippen LogP contribution is 2.62. The molecule has 25 heavy (non-hydrogen) atoms. The monoisotopic (exact) mass is 349 g/mol. The molecule has 144 valence electrons. The molecule has 0 aromatic carbocycles. The zero-order valence-corrected chi connectivity index (χ0v) is 17.4. The third-order valence-electron chi connectivity index (χ3n) is 8.22. The van der Waals surface area contributed by atoms with Crippen LogP contribution >= 0.6 is 0 Å². The van der Waals surface area contributed by atoms with Crippen LogP contribution in [0, 0.1) is 40.4 Å². The van der Waals surface area contributed by atoms with Crippen LogP contribution in [0.15, 0.2) is 0 Å². The van der Waals surface area contributed by atoms with Gasteiger partial charge in [0.25, 0.3) is 0 Å². The number of rotatable bonds is 5. The van der Waals surface area contributed by atoms with Crippen LogP contribution in [0.1, 0.15) is 73.6 Å². The summed E-state index contributed by atoms with van der Waals surface area (Å²) in [6.45, 7) is 13.8. The van der Waals surface area contributed by atoms with E-state index in [2.05, 4.69) is 46.9 Å². The van der Waals surface area contributed by atoms with Crippen LogP contribution in [-0.2, 0) is 9.53 Å². The van der Waals surface area contributed by atoms with Gasteiger partial charge in [0.1, 0.15) is 5.60 Å². The summed E-state index contributed by atoms with van der Waals surface area (Å²) in [5.41, 5.74) is -0.889. The van der Waals surface area contributed by atoms with Gasteiger partial charge in [-0.15, -0.1) is 0 Å². The lowest BCUT2D eigenvalue weighted by Crippen LogP contribution is -2.64. The fourth-order valence-electron chi connectivity index (χ4n) is 6.42. The van der Waals surface area contributed by atoms with Crippen LogP contribution in [0.25, 0.3) is 0 Å². The molecule has 1 N–H and O–H groups in total. The maximum atomic E-state index is 13.5. The summed E-state index contributed by atoms with van der Waals surface area (Å²) in [6.07, 6.45) is 6.52. The van der Waals surface area contributed by atoms with Crippen molar-refractivity contribution in [3.8, 4) is 0 Å². The molecule has 4 fully saturated rings. The number of carbonyl (C=O) groups excluding carboxylic acids is 1. The predicted molar refractivity (Wildman–Crippen MR) is 102 cm³/mol. The molecule has 0 aromatic heterocycles. The summed E-state index contributed by atoms with van der Waals surface area (Å²) in [7, 11) is 1.93. The minimum atomic E-state index is -0.516. The van der Waals surface area contributed by atoms with Crippen molar-refractivity contribution in [3.63, 3.8) is 0 Å². The van der Waals surface area contributed by atoms with E-state index in [0.717, 1.165) is 11.8 Å². The summed E-state index contributed by atoms with van der Waals surface area (Å²) in [5, 5.41) is 3.24. The highest BCUT2D eigenvalue weighted by atomic mass is 16.6. The van der Waals surface area contributed by atoms with Crippen molar-refractivity contribution in [2.24, 2.45) is 40.4 Å². The fraction of sp³-hybridized carbons (Fsp3) is 0.955. The fourth-order valence-corrected chi connectivity index (χ4v) is 6.42. The zero-order chi connectivity index (χ0) is 18.6. The molecule has 0 aromatic rings. The van der Waals surface area contributed by atoms with Gasteiger partial charge in [0, 0.05) is 6.54 Å². The molecule has 3 nitrogen and oxygen atoms in total. The molecule has 1 unspecified atom stereocenters. The van der Waals surface area contributed by atoms with Gasteiger partial charge in [-0.1, -0.05) is 34.6 Å². The molecule has 4 bridgehead atoms. The van der Waals surface area contributed by atoms with E-state index in [1.54, 1.807) is 0 Å². The van der Waals surface area contributed by atoms with Gasteiger partial charge in [-0.25, -0.2) is 0 Å². The van der Waals surface area contributed by atoms with Crippen LogP contribution in [0.2, 0.25) is 0 Å². The number of hydrogen-bond acceptors (Lipinski definition) is 3. The molecule has 4 rings (SSSR count). The van der Waals surface area contributed by atoms with Crippen molar-refractivity contribution >= 4 is 5.97 Å². The lowest BCUT2D eigenvalue weighted by molar-refractivity contribution is -0.235. The van der Waals surface area contributed by atoms with Crippen LogP contribution in [0.5, 0.6) is 0 Å². The van der Waals surface area contributed by atoms with Gasteiger partial charge in [0.15, 0.2) is 0 Å². The molecule has 1 atom stereocenters. The van der Waals surface area contributed by atoms with E-state index in [-0.39, 0.29) is 17.0 Å². The van der Waals surface area contributed by atoms with Gasteiger partial charge in [0.2, 0.25) is 0 Å². The molecular weight excluding hydrogens is 310 g/mol. The molecule has 0 spiro atoms. The normalized spacial score (nSPS) is 39.5. The zero-order valence-electron chi connectivity index (χ0n) is 17.4. The Morgan fingerprint density at radius 3 is 1.88 bits per heavy atom. The second-order valence-electron chi connectivity index (χ2n) is 10.8. The van der Waals surface area contributed by atoms with Crippen molar-refractivity contribution in [2.75, 3.05) is 13.6 Å². The minimum Gasteiger partial charge on any atom is -0.458 e. The molecule has 0 aliphatic heterocycles. The Bertz CT molecular complexity index is 491. The lowest BCUT2D eigenvalue weighted by Gasteiger charge is -2.62. The Balaban J connectivity index is 1.91. The quantitative estimate of drug-likeness (QED) is 0.734. The summed E-state index contributed by atoms with van der Waals surface area (Å²) < 4.78 is 6.64. The van der Waals surface area contributed by atoms with Crippen molar-refractivity contribution in [3.05, 3.63) is 0 Å². The number of nitrogens with one attached hydrogen (secondary N) is 1. The maximum absolute atomic E-state index is 13.5. The average Bonchev–Trinajstić information content (AvgIpc) is 2.48. The van der Waals surface area contributed by atoms with Crippen molar-refractivity contribution in [2.45, 2.75) is 79.2 Å². The summed E-state index contributed by atoms with van der Waals surface area (Å²) in [6, 6.07) is 0. The maximum Gasteiger partial charge on any atom is 0.314 e. The van der Waals surface area contributed by atoms with Gasteiger partial charge in [-0.05, 0) is 81.1 Å². The minimum absolute atomic E-state index is 0.00974. The molecule has 0 saturated heterocycles. The molecular formula is C22H39NO2. The summed E-state index contributed by atoms with van der Waals surface area (Å²) in [4.78, 5) is 13.5. The third-order valence-corrected chi connectivity index (χ3v) is 8.22. The van der Waals surface area contributed by atoms with E-state index in [0.29, 0.717) is 24.3 Å². The third kappa shape index (κ3) is 2.85. The molecule has 0 radical (unpaired) electrons. The van der Waals surface area contributed by atoms with E-state index in [4.69, 9.17) is 4.74 Å². The van der Waals surface area contributed by atoms with Gasteiger partial charge >= 0.3 is 5.97 Å². The van der Waals surface area contributed by atoms with Crippen LogP contribution < -0.4 is 5.32 Å². The Labute approximate surface area is 154 Å². The topological polar surface area (TPSA) is 38.3 Å². The van der Waals surface area contributed by atoms with Crippen molar-refractivity contribution < 1.29 is 9.53 Å². The van der Waals surface area contributed by atoms with Gasteiger partial charge in [-0.3, -0.25) is 4.79 Å². The number of esters is 1. The van der Waals surface area contributed by atoms with Gasteiger partial charge in [-0.2, -0.15) is 0 Å². The highest BCUT2D eigenvalue weighted by molar-refractivity contribution is 5.78. The predicted octanol–water partition coefficient (Wildman–Crippen LogP) is 4.65. The molecule has 4 saturated carbocycles. The SMILES string of the molecule is CNCC(C)(C(=O)OC1(C(C)C)C2CC3CC(C2)CC1C3)C(C)(C)C. The summed E-state index contributed by atoms with van der Waals surface area (Å²) in [5.74, 6) is 3.33. The smallest absolute Gasteiger partial charge is 0.314 e. The molecule has 3 heteroatoms. The molecule has 0 heterocycles. The van der Waals surface area contributed by atoms with Gasteiger partial charge < -0.3 is 10.1 Å². The summed E-state index contributed by atoms with van der Waals surface area (Å²) >= 11 is 0. The van der Waals surface area contributed by atoms with E-state index >= 15 is 0 Å². The average molecular weight is 350 g/mol. The van der Waals surface area contributed by atoms with Crippen molar-refractivity contribution in [1.82, 2.24) is 5.32 Å². The highest BCUT2D eigenvalue weighted by Gasteiger charge is 2.62. The Morgan fingerprint density at radius 1 is 1.04 bits per heavy atom. The largest absolute Gasteiger partial charge is 0.458 e. The second-order valence-corrected chi connectivity index (χ2v) is 10.8. The van der Waals surface area contributed by atoms with Gasteiger partial charge in [0.05, 0.1) is 5.41 Å². The Hall–Kier alpha value is -0.570. The standard InChI is InChI=1S/C22H39NO2/c1-14(2)22(17-9-15-8-16(11-17)12-18(22)10-15)25-19(24)21(6,13-23-7)20(3,4)5/h14-18,23H,8-13H2,1-7H3. The lowest BCUT2D eigenvalue weighted by atomic mass is 9.47. The van der Waals surface area contributed by atoms with E-state index in [1.165, 1.54) is 32.1 Å². The first-order valence-corrected chi connectivity index (χ1v) is 10.4. The van der Waals surface area contributed by atoms with Crippen LogP contribution in [0.3, 0.4) is 0 Å².